The lowest BCUT2D eigenvalue weighted by Gasteiger charge is -2.12. The van der Waals surface area contributed by atoms with Gasteiger partial charge in [-0.15, -0.1) is 0 Å². The molecular formula is C24H26N2O4. The van der Waals surface area contributed by atoms with Crippen LogP contribution >= 0.6 is 0 Å². The molecule has 3 rings (SSSR count). The Labute approximate surface area is 175 Å². The number of pyridine rings is 1. The number of nitrogens with zero attached hydrogens (tertiary/aromatic N) is 1. The molecule has 0 aliphatic heterocycles. The minimum atomic E-state index is -0.763. The Morgan fingerprint density at radius 1 is 1.10 bits per heavy atom. The molecule has 2 aromatic carbocycles. The van der Waals surface area contributed by atoms with E-state index in [9.17, 15) is 9.59 Å². The fourth-order valence-electron chi connectivity index (χ4n) is 3.25. The molecule has 0 saturated carbocycles. The Hall–Kier alpha value is -3.41. The highest BCUT2D eigenvalue weighted by Gasteiger charge is 2.11. The number of unbranched alkanes of at least 4 members (excludes halogenated alkanes) is 1. The van der Waals surface area contributed by atoms with E-state index < -0.39 is 5.97 Å². The van der Waals surface area contributed by atoms with E-state index in [2.05, 4.69) is 10.3 Å². The van der Waals surface area contributed by atoms with E-state index in [0.29, 0.717) is 18.9 Å². The molecule has 0 saturated heterocycles. The number of benzene rings is 2. The zero-order valence-corrected chi connectivity index (χ0v) is 17.2. The number of carbonyl (C=O) groups excluding carboxylic acids is 1. The summed E-state index contributed by atoms with van der Waals surface area (Å²) in [7, 11) is 0. The summed E-state index contributed by atoms with van der Waals surface area (Å²) >= 11 is 0. The van der Waals surface area contributed by atoms with Crippen molar-refractivity contribution >= 4 is 28.5 Å². The summed E-state index contributed by atoms with van der Waals surface area (Å²) in [5, 5.41) is 12.7. The lowest BCUT2D eigenvalue weighted by molar-refractivity contribution is -0.141. The molecule has 0 spiro atoms. The molecule has 3 aromatic rings. The number of amides is 1. The molecule has 2 N–H and O–H groups in total. The minimum Gasteiger partial charge on any atom is -0.481 e. The topological polar surface area (TPSA) is 88.5 Å². The first kappa shape index (κ1) is 21.3. The first-order chi connectivity index (χ1) is 14.4. The van der Waals surface area contributed by atoms with E-state index in [4.69, 9.17) is 9.84 Å². The first-order valence-corrected chi connectivity index (χ1v) is 10.1. The van der Waals surface area contributed by atoms with Crippen molar-refractivity contribution in [2.24, 2.45) is 5.92 Å². The fourth-order valence-corrected chi connectivity index (χ4v) is 3.25. The van der Waals surface area contributed by atoms with Crippen LogP contribution in [0.25, 0.3) is 22.0 Å². The van der Waals surface area contributed by atoms with Crippen molar-refractivity contribution in [3.05, 3.63) is 54.6 Å². The van der Waals surface area contributed by atoms with Gasteiger partial charge in [-0.2, -0.15) is 0 Å². The third kappa shape index (κ3) is 5.56. The van der Waals surface area contributed by atoms with Gasteiger partial charge >= 0.3 is 5.97 Å². The van der Waals surface area contributed by atoms with Gasteiger partial charge in [-0.1, -0.05) is 37.3 Å². The van der Waals surface area contributed by atoms with Crippen LogP contribution < -0.4 is 10.1 Å². The van der Waals surface area contributed by atoms with Crippen molar-refractivity contribution in [3.63, 3.8) is 0 Å². The molecule has 6 nitrogen and oxygen atoms in total. The highest BCUT2D eigenvalue weighted by atomic mass is 16.5. The zero-order chi connectivity index (χ0) is 21.5. The number of rotatable bonds is 9. The van der Waals surface area contributed by atoms with E-state index in [1.165, 1.54) is 6.92 Å². The molecule has 30 heavy (non-hydrogen) atoms. The van der Waals surface area contributed by atoms with Gasteiger partial charge in [0.1, 0.15) is 0 Å². The zero-order valence-electron chi connectivity index (χ0n) is 17.2. The van der Waals surface area contributed by atoms with Crippen LogP contribution in [0.15, 0.2) is 54.6 Å². The Morgan fingerprint density at radius 2 is 1.83 bits per heavy atom. The van der Waals surface area contributed by atoms with Crippen LogP contribution in [-0.4, -0.2) is 28.6 Å². The molecular weight excluding hydrogens is 380 g/mol. The highest BCUT2D eigenvalue weighted by molar-refractivity contribution is 5.95. The molecule has 0 bridgehead atoms. The second-order valence-electron chi connectivity index (χ2n) is 7.37. The summed E-state index contributed by atoms with van der Waals surface area (Å²) in [5.74, 6) is -0.663. The van der Waals surface area contributed by atoms with Crippen LogP contribution in [0.5, 0.6) is 5.88 Å². The van der Waals surface area contributed by atoms with Crippen LogP contribution in [0.4, 0.5) is 5.69 Å². The summed E-state index contributed by atoms with van der Waals surface area (Å²) in [6.45, 7) is 3.69. The number of aromatic nitrogens is 1. The molecule has 6 heteroatoms. The van der Waals surface area contributed by atoms with Crippen LogP contribution in [-0.2, 0) is 9.59 Å². The summed E-state index contributed by atoms with van der Waals surface area (Å²) in [6.07, 6.45) is 2.20. The number of hydrogen-bond acceptors (Lipinski definition) is 4. The SMILES string of the molecule is CC(=O)Nc1ccc(-c2cc(OCCCCC(C)C(=O)O)nc3ccccc23)cc1. The number of hydrogen-bond donors (Lipinski definition) is 2. The predicted octanol–water partition coefficient (Wildman–Crippen LogP) is 5.13. The van der Waals surface area contributed by atoms with Crippen molar-refractivity contribution in [3.8, 4) is 17.0 Å². The van der Waals surface area contributed by atoms with E-state index >= 15 is 0 Å². The number of fused-ring (bicyclic) bond motifs is 1. The van der Waals surface area contributed by atoms with Gasteiger partial charge in [0.2, 0.25) is 11.8 Å². The molecule has 0 fully saturated rings. The third-order valence-corrected chi connectivity index (χ3v) is 4.91. The molecule has 1 heterocycles. The number of ether oxygens (including phenoxy) is 1. The van der Waals surface area contributed by atoms with Gasteiger partial charge < -0.3 is 15.2 Å². The van der Waals surface area contributed by atoms with Crippen LogP contribution in [0.2, 0.25) is 0 Å². The van der Waals surface area contributed by atoms with E-state index in [1.807, 2.05) is 54.6 Å². The Balaban J connectivity index is 1.76. The second kappa shape index (κ2) is 9.87. The average Bonchev–Trinajstić information content (AvgIpc) is 2.73. The minimum absolute atomic E-state index is 0.106. The van der Waals surface area contributed by atoms with Gasteiger partial charge in [0, 0.05) is 24.1 Å². The van der Waals surface area contributed by atoms with Gasteiger partial charge in [-0.3, -0.25) is 9.59 Å². The Morgan fingerprint density at radius 3 is 2.53 bits per heavy atom. The monoisotopic (exact) mass is 406 g/mol. The van der Waals surface area contributed by atoms with Gasteiger partial charge in [0.05, 0.1) is 18.0 Å². The molecule has 0 aliphatic rings. The number of aliphatic carboxylic acids is 1. The molecule has 1 unspecified atom stereocenters. The maximum atomic E-state index is 11.2. The molecule has 1 aromatic heterocycles. The molecule has 156 valence electrons. The number of nitrogens with one attached hydrogen (secondary N) is 1. The smallest absolute Gasteiger partial charge is 0.306 e. The van der Waals surface area contributed by atoms with Crippen molar-refractivity contribution in [1.82, 2.24) is 4.98 Å². The Bertz CT molecular complexity index is 1030. The van der Waals surface area contributed by atoms with Crippen LogP contribution in [0.3, 0.4) is 0 Å². The average molecular weight is 406 g/mol. The molecule has 1 atom stereocenters. The first-order valence-electron chi connectivity index (χ1n) is 10.1. The van der Waals surface area contributed by atoms with Crippen molar-refractivity contribution < 1.29 is 19.4 Å². The van der Waals surface area contributed by atoms with Gasteiger partial charge in [-0.25, -0.2) is 4.98 Å². The van der Waals surface area contributed by atoms with Crippen LogP contribution in [0.1, 0.15) is 33.1 Å². The quantitative estimate of drug-likeness (QED) is 0.481. The maximum absolute atomic E-state index is 11.2. The standard InChI is InChI=1S/C24H26N2O4/c1-16(24(28)29)7-5-6-14-30-23-15-21(20-8-3-4-9-22(20)26-23)18-10-12-19(13-11-18)25-17(2)27/h3-4,8-13,15-16H,5-7,14H2,1-2H3,(H,25,27)(H,28,29). The van der Waals surface area contributed by atoms with Crippen LogP contribution in [0, 0.1) is 5.92 Å². The number of carboxylic acid groups (broad SMARTS) is 1. The maximum Gasteiger partial charge on any atom is 0.306 e. The lowest BCUT2D eigenvalue weighted by atomic mass is 10.0. The van der Waals surface area contributed by atoms with Gasteiger partial charge in [0.15, 0.2) is 0 Å². The van der Waals surface area contributed by atoms with Crippen molar-refractivity contribution in [2.75, 3.05) is 11.9 Å². The third-order valence-electron chi connectivity index (χ3n) is 4.91. The highest BCUT2D eigenvalue weighted by Crippen LogP contribution is 2.31. The van der Waals surface area contributed by atoms with E-state index in [0.717, 1.165) is 40.6 Å². The number of carboxylic acids is 1. The number of carbonyl (C=O) groups is 2. The van der Waals surface area contributed by atoms with E-state index in [1.54, 1.807) is 6.92 Å². The Kier molecular flexibility index (Phi) is 7.01. The fraction of sp³-hybridized carbons (Fsp3) is 0.292. The van der Waals surface area contributed by atoms with Gasteiger partial charge in [0.25, 0.3) is 0 Å². The second-order valence-corrected chi connectivity index (χ2v) is 7.37. The summed E-state index contributed by atoms with van der Waals surface area (Å²) in [5.41, 5.74) is 3.60. The molecule has 0 aliphatic carbocycles. The lowest BCUT2D eigenvalue weighted by Crippen LogP contribution is -2.09. The van der Waals surface area contributed by atoms with Crippen molar-refractivity contribution in [1.29, 1.82) is 0 Å². The summed E-state index contributed by atoms with van der Waals surface area (Å²) < 4.78 is 5.88. The van der Waals surface area contributed by atoms with Gasteiger partial charge in [-0.05, 0) is 48.6 Å². The normalized spacial score (nSPS) is 11.8. The number of para-hydroxylation sites is 1. The summed E-state index contributed by atoms with van der Waals surface area (Å²) in [4.78, 5) is 26.7. The van der Waals surface area contributed by atoms with E-state index in [-0.39, 0.29) is 11.8 Å². The molecule has 1 amide bonds. The predicted molar refractivity (Wildman–Crippen MR) is 118 cm³/mol. The summed E-state index contributed by atoms with van der Waals surface area (Å²) in [6, 6.07) is 17.5. The number of anilines is 1. The van der Waals surface area contributed by atoms with Crippen molar-refractivity contribution in [2.45, 2.75) is 33.1 Å². The largest absolute Gasteiger partial charge is 0.481 e. The molecule has 0 radical (unpaired) electrons.